The summed E-state index contributed by atoms with van der Waals surface area (Å²) in [6.07, 6.45) is 1.99. The van der Waals surface area contributed by atoms with E-state index in [0.29, 0.717) is 29.1 Å². The van der Waals surface area contributed by atoms with Crippen LogP contribution >= 0.6 is 11.3 Å². The molecule has 0 spiro atoms. The standard InChI is InChI=1S/C18H22N2O3S/c1-9(17-11(3)24-12(4)19-17)20(5)18(22)15-10(2)23-14-8-6-7-13(21)16(14)15/h9H,6-8H2,1-5H3. The zero-order chi connectivity index (χ0) is 17.6. The molecule has 0 aliphatic heterocycles. The van der Waals surface area contributed by atoms with Crippen molar-refractivity contribution in [1.29, 1.82) is 0 Å². The van der Waals surface area contributed by atoms with E-state index in [1.807, 2.05) is 20.8 Å². The molecule has 2 heterocycles. The van der Waals surface area contributed by atoms with Crippen LogP contribution in [-0.2, 0) is 6.42 Å². The maximum absolute atomic E-state index is 13.1. The third-order valence-electron chi connectivity index (χ3n) is 4.69. The van der Waals surface area contributed by atoms with Gasteiger partial charge in [-0.25, -0.2) is 4.98 Å². The quantitative estimate of drug-likeness (QED) is 0.842. The van der Waals surface area contributed by atoms with Crippen molar-refractivity contribution in [2.75, 3.05) is 7.05 Å². The fourth-order valence-electron chi connectivity index (χ4n) is 3.33. The van der Waals surface area contributed by atoms with Crippen molar-refractivity contribution in [2.45, 2.75) is 53.0 Å². The second kappa shape index (κ2) is 6.16. The van der Waals surface area contributed by atoms with E-state index in [4.69, 9.17) is 4.42 Å². The molecule has 2 aromatic heterocycles. The van der Waals surface area contributed by atoms with Crippen molar-refractivity contribution in [3.63, 3.8) is 0 Å². The average molecular weight is 346 g/mol. The molecule has 0 saturated heterocycles. The Labute approximate surface area is 145 Å². The number of ketones is 1. The summed E-state index contributed by atoms with van der Waals surface area (Å²) in [7, 11) is 1.76. The van der Waals surface area contributed by atoms with Crippen LogP contribution in [0.15, 0.2) is 4.42 Å². The minimum absolute atomic E-state index is 0.0122. The Morgan fingerprint density at radius 1 is 1.29 bits per heavy atom. The number of rotatable bonds is 3. The van der Waals surface area contributed by atoms with E-state index < -0.39 is 0 Å². The molecule has 1 unspecified atom stereocenters. The van der Waals surface area contributed by atoms with Crippen molar-refractivity contribution >= 4 is 23.0 Å². The minimum atomic E-state index is -0.176. The first kappa shape index (κ1) is 16.9. The molecule has 0 bridgehead atoms. The van der Waals surface area contributed by atoms with Crippen molar-refractivity contribution in [1.82, 2.24) is 9.88 Å². The topological polar surface area (TPSA) is 63.4 Å². The van der Waals surface area contributed by atoms with Crippen molar-refractivity contribution in [3.8, 4) is 0 Å². The van der Waals surface area contributed by atoms with Gasteiger partial charge in [-0.15, -0.1) is 11.3 Å². The SMILES string of the molecule is Cc1nc(C(C)N(C)C(=O)c2c(C)oc3c2C(=O)CCC3)c(C)s1. The van der Waals surface area contributed by atoms with Gasteiger partial charge in [0.15, 0.2) is 5.78 Å². The Morgan fingerprint density at radius 2 is 2.00 bits per heavy atom. The maximum Gasteiger partial charge on any atom is 0.258 e. The van der Waals surface area contributed by atoms with Crippen molar-refractivity contribution < 1.29 is 14.0 Å². The van der Waals surface area contributed by atoms with Gasteiger partial charge in [0.2, 0.25) is 0 Å². The molecule has 1 amide bonds. The largest absolute Gasteiger partial charge is 0.465 e. The molecular weight excluding hydrogens is 324 g/mol. The van der Waals surface area contributed by atoms with Crippen LogP contribution in [-0.4, -0.2) is 28.6 Å². The molecule has 128 valence electrons. The summed E-state index contributed by atoms with van der Waals surface area (Å²) in [6.45, 7) is 7.70. The average Bonchev–Trinajstić information content (AvgIpc) is 3.04. The number of aromatic nitrogens is 1. The maximum atomic E-state index is 13.1. The highest BCUT2D eigenvalue weighted by atomic mass is 32.1. The lowest BCUT2D eigenvalue weighted by molar-refractivity contribution is 0.0733. The second-order valence-electron chi connectivity index (χ2n) is 6.37. The predicted molar refractivity (Wildman–Crippen MR) is 92.8 cm³/mol. The van der Waals surface area contributed by atoms with E-state index in [1.54, 1.807) is 30.2 Å². The highest BCUT2D eigenvalue weighted by molar-refractivity contribution is 7.11. The predicted octanol–water partition coefficient (Wildman–Crippen LogP) is 4.01. The Kier molecular flexibility index (Phi) is 4.34. The molecule has 1 atom stereocenters. The van der Waals surface area contributed by atoms with Crippen LogP contribution in [0, 0.1) is 20.8 Å². The third-order valence-corrected chi connectivity index (χ3v) is 5.60. The Morgan fingerprint density at radius 3 is 2.62 bits per heavy atom. The number of carbonyl (C=O) groups is 2. The fourth-order valence-corrected chi connectivity index (χ4v) is 4.24. The first-order valence-electron chi connectivity index (χ1n) is 8.17. The van der Waals surface area contributed by atoms with Gasteiger partial charge in [0, 0.05) is 24.8 Å². The van der Waals surface area contributed by atoms with Crippen LogP contribution < -0.4 is 0 Å². The van der Waals surface area contributed by atoms with E-state index in [0.717, 1.165) is 28.4 Å². The lowest BCUT2D eigenvalue weighted by Crippen LogP contribution is -2.31. The smallest absolute Gasteiger partial charge is 0.258 e. The number of amides is 1. The lowest BCUT2D eigenvalue weighted by Gasteiger charge is -2.25. The van der Waals surface area contributed by atoms with E-state index in [-0.39, 0.29) is 17.7 Å². The van der Waals surface area contributed by atoms with Crippen molar-refractivity contribution in [2.24, 2.45) is 0 Å². The molecule has 0 fully saturated rings. The van der Waals surface area contributed by atoms with E-state index in [2.05, 4.69) is 4.98 Å². The monoisotopic (exact) mass is 346 g/mol. The lowest BCUT2D eigenvalue weighted by atomic mass is 9.92. The van der Waals surface area contributed by atoms with Gasteiger partial charge in [-0.1, -0.05) is 0 Å². The molecule has 0 saturated carbocycles. The molecule has 1 aliphatic carbocycles. The van der Waals surface area contributed by atoms with Gasteiger partial charge in [-0.2, -0.15) is 0 Å². The highest BCUT2D eigenvalue weighted by Gasteiger charge is 2.33. The van der Waals surface area contributed by atoms with Gasteiger partial charge in [-0.3, -0.25) is 9.59 Å². The number of carbonyl (C=O) groups excluding carboxylic acids is 2. The number of fused-ring (bicyclic) bond motifs is 1. The van der Waals surface area contributed by atoms with Gasteiger partial charge in [0.05, 0.1) is 27.9 Å². The zero-order valence-corrected chi connectivity index (χ0v) is 15.5. The molecular formula is C18H22N2O3S. The van der Waals surface area contributed by atoms with Crippen LogP contribution in [0.2, 0.25) is 0 Å². The molecule has 24 heavy (non-hydrogen) atoms. The van der Waals surface area contributed by atoms with Crippen LogP contribution in [0.25, 0.3) is 0 Å². The van der Waals surface area contributed by atoms with E-state index >= 15 is 0 Å². The van der Waals surface area contributed by atoms with Gasteiger partial charge in [0.25, 0.3) is 5.91 Å². The first-order valence-corrected chi connectivity index (χ1v) is 8.99. The highest BCUT2D eigenvalue weighted by Crippen LogP contribution is 2.33. The Hall–Kier alpha value is -1.95. The molecule has 2 aromatic rings. The van der Waals surface area contributed by atoms with E-state index in [9.17, 15) is 9.59 Å². The van der Waals surface area contributed by atoms with Gasteiger partial charge < -0.3 is 9.32 Å². The molecule has 0 N–H and O–H groups in total. The Balaban J connectivity index is 1.96. The summed E-state index contributed by atoms with van der Waals surface area (Å²) in [5.41, 5.74) is 1.83. The van der Waals surface area contributed by atoms with Gasteiger partial charge >= 0.3 is 0 Å². The van der Waals surface area contributed by atoms with E-state index in [1.165, 1.54) is 0 Å². The van der Waals surface area contributed by atoms with Crippen LogP contribution in [0.1, 0.15) is 73.6 Å². The fraction of sp³-hybridized carbons (Fsp3) is 0.500. The zero-order valence-electron chi connectivity index (χ0n) is 14.7. The number of thiazole rings is 1. The molecule has 0 aromatic carbocycles. The molecule has 0 radical (unpaired) electrons. The second-order valence-corrected chi connectivity index (χ2v) is 7.78. The van der Waals surface area contributed by atoms with Crippen LogP contribution in [0.4, 0.5) is 0 Å². The normalized spacial score (nSPS) is 15.3. The number of nitrogens with zero attached hydrogens (tertiary/aromatic N) is 2. The summed E-state index contributed by atoms with van der Waals surface area (Å²) >= 11 is 1.63. The summed E-state index contributed by atoms with van der Waals surface area (Å²) in [4.78, 5) is 32.7. The molecule has 5 nitrogen and oxygen atoms in total. The summed E-state index contributed by atoms with van der Waals surface area (Å²) in [5, 5.41) is 0.988. The molecule has 6 heteroatoms. The summed E-state index contributed by atoms with van der Waals surface area (Å²) < 4.78 is 5.71. The van der Waals surface area contributed by atoms with Gasteiger partial charge in [-0.05, 0) is 34.1 Å². The van der Waals surface area contributed by atoms with Crippen LogP contribution in [0.5, 0.6) is 0 Å². The number of aryl methyl sites for hydroxylation is 4. The third kappa shape index (κ3) is 2.69. The number of furan rings is 1. The number of hydrogen-bond donors (Lipinski definition) is 0. The Bertz CT molecular complexity index is 819. The first-order chi connectivity index (χ1) is 11.3. The summed E-state index contributed by atoms with van der Waals surface area (Å²) in [6, 6.07) is -0.161. The van der Waals surface area contributed by atoms with Crippen LogP contribution in [0.3, 0.4) is 0 Å². The minimum Gasteiger partial charge on any atom is -0.465 e. The number of hydrogen-bond acceptors (Lipinski definition) is 5. The van der Waals surface area contributed by atoms with Crippen molar-refractivity contribution in [3.05, 3.63) is 38.2 Å². The summed E-state index contributed by atoms with van der Waals surface area (Å²) in [5.74, 6) is 1.03. The molecule has 1 aliphatic rings. The van der Waals surface area contributed by atoms with Gasteiger partial charge in [0.1, 0.15) is 11.5 Å². The number of Topliss-reactive ketones (excluding diaryl/α,β-unsaturated/α-hetero) is 1. The molecule has 3 rings (SSSR count).